The van der Waals surface area contributed by atoms with Crippen LogP contribution in [0.25, 0.3) is 0 Å². The molecule has 2 aliphatic rings. The average Bonchev–Trinajstić information content (AvgIpc) is 3.09. The van der Waals surface area contributed by atoms with Gasteiger partial charge in [0.2, 0.25) is 0 Å². The first kappa shape index (κ1) is 9.85. The van der Waals surface area contributed by atoms with E-state index in [1.165, 1.54) is 18.4 Å². The molecular weight excluding hydrogens is 200 g/mol. The number of nitrogens with one attached hydrogen (secondary N) is 1. The van der Waals surface area contributed by atoms with Crippen LogP contribution in [-0.2, 0) is 0 Å². The number of fused-ring (bicyclic) bond motifs is 1. The van der Waals surface area contributed by atoms with Gasteiger partial charge in [-0.25, -0.2) is 0 Å². The molecule has 1 aromatic carbocycles. The maximum atomic E-state index is 12.3. The SMILES string of the molecule is CNCC1c2ccccc2C(=O)N1C1CC1. The molecule has 0 spiro atoms. The molecule has 16 heavy (non-hydrogen) atoms. The van der Waals surface area contributed by atoms with Crippen molar-refractivity contribution in [3.8, 4) is 0 Å². The summed E-state index contributed by atoms with van der Waals surface area (Å²) in [7, 11) is 1.94. The van der Waals surface area contributed by atoms with Crippen LogP contribution in [-0.4, -0.2) is 30.4 Å². The monoisotopic (exact) mass is 216 g/mol. The number of amides is 1. The van der Waals surface area contributed by atoms with Crippen molar-refractivity contribution < 1.29 is 4.79 Å². The van der Waals surface area contributed by atoms with Crippen molar-refractivity contribution in [2.75, 3.05) is 13.6 Å². The average molecular weight is 216 g/mol. The number of likely N-dealkylation sites (N-methyl/N-ethyl adjacent to an activating group) is 1. The molecule has 3 rings (SSSR count). The quantitative estimate of drug-likeness (QED) is 0.831. The summed E-state index contributed by atoms with van der Waals surface area (Å²) < 4.78 is 0. The van der Waals surface area contributed by atoms with Gasteiger partial charge in [-0.05, 0) is 31.5 Å². The van der Waals surface area contributed by atoms with E-state index in [9.17, 15) is 4.79 Å². The van der Waals surface area contributed by atoms with Crippen LogP contribution >= 0.6 is 0 Å². The van der Waals surface area contributed by atoms with E-state index in [2.05, 4.69) is 16.3 Å². The second-order valence-corrected chi connectivity index (χ2v) is 4.60. The molecular formula is C13H16N2O. The molecule has 0 saturated heterocycles. The molecule has 1 heterocycles. The lowest BCUT2D eigenvalue weighted by molar-refractivity contribution is 0.0710. The fraction of sp³-hybridized carbons (Fsp3) is 0.462. The predicted molar refractivity (Wildman–Crippen MR) is 62.3 cm³/mol. The molecule has 1 N–H and O–H groups in total. The molecule has 1 unspecified atom stereocenters. The Morgan fingerprint density at radius 1 is 1.38 bits per heavy atom. The highest BCUT2D eigenvalue weighted by Gasteiger charge is 2.43. The molecule has 0 bridgehead atoms. The maximum absolute atomic E-state index is 12.3. The fourth-order valence-electron chi connectivity index (χ4n) is 2.59. The van der Waals surface area contributed by atoms with Gasteiger partial charge in [0.15, 0.2) is 0 Å². The smallest absolute Gasteiger partial charge is 0.255 e. The number of hydrogen-bond acceptors (Lipinski definition) is 2. The first-order valence-electron chi connectivity index (χ1n) is 5.89. The Bertz CT molecular complexity index is 426. The second kappa shape index (κ2) is 3.59. The number of benzene rings is 1. The van der Waals surface area contributed by atoms with E-state index in [0.29, 0.717) is 6.04 Å². The van der Waals surface area contributed by atoms with Gasteiger partial charge in [-0.1, -0.05) is 18.2 Å². The Labute approximate surface area is 95.4 Å². The molecule has 1 saturated carbocycles. The molecule has 1 amide bonds. The van der Waals surface area contributed by atoms with Crippen LogP contribution < -0.4 is 5.32 Å². The van der Waals surface area contributed by atoms with Gasteiger partial charge in [-0.15, -0.1) is 0 Å². The van der Waals surface area contributed by atoms with Crippen LogP contribution in [0.15, 0.2) is 24.3 Å². The van der Waals surface area contributed by atoms with Crippen LogP contribution in [0.5, 0.6) is 0 Å². The summed E-state index contributed by atoms with van der Waals surface area (Å²) in [5, 5.41) is 3.19. The van der Waals surface area contributed by atoms with Gasteiger partial charge in [-0.2, -0.15) is 0 Å². The lowest BCUT2D eigenvalue weighted by atomic mass is 10.0. The van der Waals surface area contributed by atoms with Crippen molar-refractivity contribution in [3.63, 3.8) is 0 Å². The zero-order valence-corrected chi connectivity index (χ0v) is 9.44. The molecule has 1 fully saturated rings. The first-order valence-corrected chi connectivity index (χ1v) is 5.89. The Balaban J connectivity index is 2.01. The van der Waals surface area contributed by atoms with Gasteiger partial charge >= 0.3 is 0 Å². The summed E-state index contributed by atoms with van der Waals surface area (Å²) in [6, 6.07) is 8.72. The van der Waals surface area contributed by atoms with E-state index in [1.807, 2.05) is 25.2 Å². The van der Waals surface area contributed by atoms with E-state index in [0.717, 1.165) is 12.1 Å². The van der Waals surface area contributed by atoms with Crippen molar-refractivity contribution in [1.29, 1.82) is 0 Å². The standard InChI is InChI=1S/C13H16N2O/c1-14-8-12-10-4-2-3-5-11(10)13(16)15(12)9-6-7-9/h2-5,9,12,14H,6-8H2,1H3. The van der Waals surface area contributed by atoms with Gasteiger partial charge in [0.25, 0.3) is 5.91 Å². The Morgan fingerprint density at radius 2 is 2.12 bits per heavy atom. The van der Waals surface area contributed by atoms with E-state index in [4.69, 9.17) is 0 Å². The Kier molecular flexibility index (Phi) is 2.21. The van der Waals surface area contributed by atoms with Crippen LogP contribution in [0, 0.1) is 0 Å². The van der Waals surface area contributed by atoms with Gasteiger partial charge in [0.1, 0.15) is 0 Å². The van der Waals surface area contributed by atoms with Gasteiger partial charge in [0, 0.05) is 18.2 Å². The van der Waals surface area contributed by atoms with Crippen LogP contribution in [0.1, 0.15) is 34.8 Å². The largest absolute Gasteiger partial charge is 0.327 e. The lowest BCUT2D eigenvalue weighted by Gasteiger charge is -2.24. The Morgan fingerprint density at radius 3 is 2.81 bits per heavy atom. The van der Waals surface area contributed by atoms with E-state index in [-0.39, 0.29) is 11.9 Å². The van der Waals surface area contributed by atoms with Gasteiger partial charge in [-0.3, -0.25) is 4.79 Å². The molecule has 0 radical (unpaired) electrons. The molecule has 3 nitrogen and oxygen atoms in total. The molecule has 1 atom stereocenters. The topological polar surface area (TPSA) is 32.3 Å². The molecule has 1 aliphatic carbocycles. The third-order valence-electron chi connectivity index (χ3n) is 3.46. The summed E-state index contributed by atoms with van der Waals surface area (Å²) in [5.41, 5.74) is 2.09. The van der Waals surface area contributed by atoms with Gasteiger partial charge in [0.05, 0.1) is 6.04 Å². The van der Waals surface area contributed by atoms with Crippen molar-refractivity contribution in [2.45, 2.75) is 24.9 Å². The normalized spacial score (nSPS) is 23.7. The number of carbonyl (C=O) groups excluding carboxylic acids is 1. The molecule has 84 valence electrons. The summed E-state index contributed by atoms with van der Waals surface area (Å²) in [6.07, 6.45) is 2.33. The molecule has 3 heteroatoms. The predicted octanol–water partition coefficient (Wildman–Crippen LogP) is 1.57. The Hall–Kier alpha value is -1.35. The van der Waals surface area contributed by atoms with Gasteiger partial charge < -0.3 is 10.2 Å². The third kappa shape index (κ3) is 1.35. The summed E-state index contributed by atoms with van der Waals surface area (Å²) in [6.45, 7) is 0.846. The molecule has 1 aromatic rings. The maximum Gasteiger partial charge on any atom is 0.255 e. The minimum Gasteiger partial charge on any atom is -0.327 e. The highest BCUT2D eigenvalue weighted by Crippen LogP contribution is 2.41. The minimum absolute atomic E-state index is 0.221. The van der Waals surface area contributed by atoms with Crippen LogP contribution in [0.3, 0.4) is 0 Å². The third-order valence-corrected chi connectivity index (χ3v) is 3.46. The second-order valence-electron chi connectivity index (χ2n) is 4.60. The minimum atomic E-state index is 0.221. The molecule has 0 aromatic heterocycles. The number of rotatable bonds is 3. The number of carbonyl (C=O) groups is 1. The van der Waals surface area contributed by atoms with Crippen molar-refractivity contribution in [3.05, 3.63) is 35.4 Å². The summed E-state index contributed by atoms with van der Waals surface area (Å²) >= 11 is 0. The zero-order valence-electron chi connectivity index (χ0n) is 9.44. The van der Waals surface area contributed by atoms with E-state index in [1.54, 1.807) is 0 Å². The highest BCUT2D eigenvalue weighted by atomic mass is 16.2. The van der Waals surface area contributed by atoms with Crippen molar-refractivity contribution >= 4 is 5.91 Å². The molecule has 1 aliphatic heterocycles. The van der Waals surface area contributed by atoms with Crippen molar-refractivity contribution in [1.82, 2.24) is 10.2 Å². The number of nitrogens with zero attached hydrogens (tertiary/aromatic N) is 1. The summed E-state index contributed by atoms with van der Waals surface area (Å²) in [4.78, 5) is 14.3. The van der Waals surface area contributed by atoms with Crippen LogP contribution in [0.2, 0.25) is 0 Å². The zero-order chi connectivity index (χ0) is 11.1. The van der Waals surface area contributed by atoms with Crippen molar-refractivity contribution in [2.24, 2.45) is 0 Å². The fourth-order valence-corrected chi connectivity index (χ4v) is 2.59. The summed E-state index contributed by atoms with van der Waals surface area (Å²) in [5.74, 6) is 0.221. The highest BCUT2D eigenvalue weighted by molar-refractivity contribution is 5.99. The van der Waals surface area contributed by atoms with Crippen LogP contribution in [0.4, 0.5) is 0 Å². The lowest BCUT2D eigenvalue weighted by Crippen LogP contribution is -2.35. The first-order chi connectivity index (χ1) is 7.83. The van der Waals surface area contributed by atoms with E-state index < -0.39 is 0 Å². The van der Waals surface area contributed by atoms with E-state index >= 15 is 0 Å². The number of hydrogen-bond donors (Lipinski definition) is 1.